The second-order valence-electron chi connectivity index (χ2n) is 9.71. The fraction of sp³-hybridized carbons (Fsp3) is 0.345. The molecule has 3 aromatic carbocycles. The zero-order valence-corrected chi connectivity index (χ0v) is 21.2. The molecule has 0 fully saturated rings. The van der Waals surface area contributed by atoms with Crippen molar-refractivity contribution in [3.05, 3.63) is 94.0 Å². The Kier molecular flexibility index (Phi) is 7.19. The minimum Gasteiger partial charge on any atom is -0.489 e. The molecule has 0 bridgehead atoms. The summed E-state index contributed by atoms with van der Waals surface area (Å²) in [6.07, 6.45) is -0.703. The molecule has 2 aliphatic rings. The Bertz CT molecular complexity index is 1300. The van der Waals surface area contributed by atoms with Gasteiger partial charge in [-0.2, -0.15) is 13.2 Å². The molecule has 3 aromatic rings. The molecule has 8 heteroatoms. The van der Waals surface area contributed by atoms with Crippen molar-refractivity contribution in [2.24, 2.45) is 0 Å². The molecular formula is C29H28ClF3N2O2. The normalized spacial score (nSPS) is 19.2. The maximum atomic E-state index is 13.7. The van der Waals surface area contributed by atoms with E-state index in [4.69, 9.17) is 16.3 Å². The lowest BCUT2D eigenvalue weighted by Gasteiger charge is -2.39. The van der Waals surface area contributed by atoms with E-state index in [1.165, 1.54) is 23.3 Å². The number of nitrogens with zero attached hydrogens (tertiary/aromatic N) is 2. The van der Waals surface area contributed by atoms with Gasteiger partial charge in [0.25, 0.3) is 5.91 Å². The number of hydrogen-bond acceptors (Lipinski definition) is 3. The summed E-state index contributed by atoms with van der Waals surface area (Å²) in [5.41, 5.74) is 2.30. The number of aryl methyl sites for hydroxylation is 1. The second kappa shape index (κ2) is 10.4. The number of benzene rings is 3. The lowest BCUT2D eigenvalue weighted by Crippen LogP contribution is -2.48. The van der Waals surface area contributed by atoms with Crippen molar-refractivity contribution >= 4 is 23.2 Å². The van der Waals surface area contributed by atoms with Gasteiger partial charge in [-0.15, -0.1) is 0 Å². The molecule has 2 unspecified atom stereocenters. The molecule has 1 amide bonds. The zero-order chi connectivity index (χ0) is 26.2. The molecule has 1 heterocycles. The van der Waals surface area contributed by atoms with Gasteiger partial charge in [0.05, 0.1) is 17.3 Å². The van der Waals surface area contributed by atoms with Crippen LogP contribution in [-0.2, 0) is 12.6 Å². The number of hydrogen-bond donors (Lipinski definition) is 0. The fourth-order valence-electron chi connectivity index (χ4n) is 5.41. The monoisotopic (exact) mass is 528 g/mol. The number of halogens is 4. The third kappa shape index (κ3) is 5.34. The summed E-state index contributed by atoms with van der Waals surface area (Å²) >= 11 is 6.25. The lowest BCUT2D eigenvalue weighted by atomic mass is 9.87. The number of fused-ring (bicyclic) bond motifs is 2. The first-order valence-corrected chi connectivity index (χ1v) is 12.8. The molecule has 1 aliphatic heterocycles. The number of rotatable bonds is 5. The second-order valence-corrected chi connectivity index (χ2v) is 10.1. The van der Waals surface area contributed by atoms with Crippen molar-refractivity contribution in [2.45, 2.75) is 43.9 Å². The van der Waals surface area contributed by atoms with Crippen molar-refractivity contribution in [1.29, 1.82) is 0 Å². The Labute approximate surface area is 219 Å². The van der Waals surface area contributed by atoms with E-state index in [0.717, 1.165) is 31.4 Å². The van der Waals surface area contributed by atoms with E-state index in [-0.39, 0.29) is 24.3 Å². The first-order chi connectivity index (χ1) is 17.7. The molecule has 0 N–H and O–H groups in total. The minimum atomic E-state index is -4.54. The summed E-state index contributed by atoms with van der Waals surface area (Å²) in [6.45, 7) is 0.934. The van der Waals surface area contributed by atoms with Crippen LogP contribution >= 0.6 is 11.6 Å². The first-order valence-electron chi connectivity index (χ1n) is 12.4. The Hall–Kier alpha value is -3.03. The molecule has 1 aliphatic carbocycles. The highest BCUT2D eigenvalue weighted by Crippen LogP contribution is 2.39. The first kappa shape index (κ1) is 25.6. The quantitative estimate of drug-likeness (QED) is 0.352. The number of alkyl halides is 3. The highest BCUT2D eigenvalue weighted by atomic mass is 35.5. The van der Waals surface area contributed by atoms with Crippen LogP contribution in [-0.4, -0.2) is 37.0 Å². The van der Waals surface area contributed by atoms with Crippen LogP contribution in [0, 0.1) is 0 Å². The zero-order valence-electron chi connectivity index (χ0n) is 20.5. The Morgan fingerprint density at radius 2 is 1.92 bits per heavy atom. The molecule has 2 atom stereocenters. The van der Waals surface area contributed by atoms with Gasteiger partial charge in [0.1, 0.15) is 12.4 Å². The van der Waals surface area contributed by atoms with Crippen molar-refractivity contribution in [2.75, 3.05) is 25.1 Å². The van der Waals surface area contributed by atoms with Crippen molar-refractivity contribution < 1.29 is 22.7 Å². The predicted octanol–water partition coefficient (Wildman–Crippen LogP) is 7.17. The molecule has 37 heavy (non-hydrogen) atoms. The van der Waals surface area contributed by atoms with Crippen molar-refractivity contribution in [3.8, 4) is 5.75 Å². The summed E-state index contributed by atoms with van der Waals surface area (Å²) in [5, 5.41) is 0.417. The number of ether oxygens (including phenoxy) is 1. The van der Waals surface area contributed by atoms with E-state index in [0.29, 0.717) is 29.4 Å². The molecule has 0 spiro atoms. The summed E-state index contributed by atoms with van der Waals surface area (Å²) < 4.78 is 46.1. The van der Waals surface area contributed by atoms with E-state index < -0.39 is 17.6 Å². The number of carbonyl (C=O) groups is 1. The van der Waals surface area contributed by atoms with E-state index in [1.807, 2.05) is 0 Å². The topological polar surface area (TPSA) is 32.8 Å². The van der Waals surface area contributed by atoms with Crippen LogP contribution < -0.4 is 9.64 Å². The highest BCUT2D eigenvalue weighted by Gasteiger charge is 2.36. The van der Waals surface area contributed by atoms with Crippen LogP contribution in [0.15, 0.2) is 66.7 Å². The van der Waals surface area contributed by atoms with Gasteiger partial charge in [0.2, 0.25) is 0 Å². The smallest absolute Gasteiger partial charge is 0.416 e. The number of anilines is 1. The van der Waals surface area contributed by atoms with E-state index in [9.17, 15) is 18.0 Å². The molecular weight excluding hydrogens is 501 g/mol. The van der Waals surface area contributed by atoms with Gasteiger partial charge in [0, 0.05) is 23.2 Å². The third-order valence-corrected chi connectivity index (χ3v) is 7.55. The molecule has 0 aromatic heterocycles. The van der Waals surface area contributed by atoms with Crippen LogP contribution in [0.4, 0.5) is 18.9 Å². The summed E-state index contributed by atoms with van der Waals surface area (Å²) in [7, 11) is 2.08. The van der Waals surface area contributed by atoms with Gasteiger partial charge >= 0.3 is 6.18 Å². The number of amides is 1. The fourth-order valence-corrected chi connectivity index (χ4v) is 5.57. The van der Waals surface area contributed by atoms with Gasteiger partial charge in [-0.1, -0.05) is 41.9 Å². The molecule has 0 saturated heterocycles. The van der Waals surface area contributed by atoms with Crippen LogP contribution in [0.1, 0.15) is 52.4 Å². The standard InChI is InChI=1S/C29H28ClF3N2O2/c1-34(25-11-5-7-19-6-2-3-10-24(19)25)15-14-23-18-37-27-13-12-22(30)17-26(27)35(23)28(36)20-8-4-9-21(16-20)29(31,32)33/h2-4,6,8-10,12-13,16-17,23,25H,5,7,11,14-15,18H2,1H3. The maximum Gasteiger partial charge on any atom is 0.416 e. The van der Waals surface area contributed by atoms with Gasteiger partial charge in [-0.05, 0) is 80.3 Å². The number of carbonyl (C=O) groups excluding carboxylic acids is 1. The summed E-state index contributed by atoms with van der Waals surface area (Å²) in [5.74, 6) is -0.0240. The Morgan fingerprint density at radius 3 is 2.73 bits per heavy atom. The average Bonchev–Trinajstić information content (AvgIpc) is 2.90. The Balaban J connectivity index is 1.41. The van der Waals surface area contributed by atoms with Gasteiger partial charge < -0.3 is 4.74 Å². The van der Waals surface area contributed by atoms with Crippen molar-refractivity contribution in [3.63, 3.8) is 0 Å². The molecule has 5 rings (SSSR count). The SMILES string of the molecule is CN(CCC1COc2ccc(Cl)cc2N1C(=O)c1cccc(C(F)(F)F)c1)C1CCCc2ccccc21. The summed E-state index contributed by atoms with van der Waals surface area (Å²) in [4.78, 5) is 17.6. The summed E-state index contributed by atoms with van der Waals surface area (Å²) in [6, 6.07) is 18.0. The van der Waals surface area contributed by atoms with Gasteiger partial charge in [-0.3, -0.25) is 14.6 Å². The van der Waals surface area contributed by atoms with Crippen LogP contribution in [0.25, 0.3) is 0 Å². The van der Waals surface area contributed by atoms with Crippen LogP contribution in [0.5, 0.6) is 5.75 Å². The van der Waals surface area contributed by atoms with Crippen LogP contribution in [0.3, 0.4) is 0 Å². The van der Waals surface area contributed by atoms with Gasteiger partial charge in [-0.25, -0.2) is 0 Å². The lowest BCUT2D eigenvalue weighted by molar-refractivity contribution is -0.137. The average molecular weight is 529 g/mol. The third-order valence-electron chi connectivity index (χ3n) is 7.32. The highest BCUT2D eigenvalue weighted by molar-refractivity contribution is 6.31. The van der Waals surface area contributed by atoms with Crippen LogP contribution in [0.2, 0.25) is 5.02 Å². The van der Waals surface area contributed by atoms with E-state index in [1.54, 1.807) is 23.1 Å². The van der Waals surface area contributed by atoms with Gasteiger partial charge in [0.15, 0.2) is 0 Å². The molecule has 0 radical (unpaired) electrons. The molecule has 194 valence electrons. The molecule has 4 nitrogen and oxygen atoms in total. The minimum absolute atomic E-state index is 0.0257. The van der Waals surface area contributed by atoms with Crippen molar-refractivity contribution in [1.82, 2.24) is 4.90 Å². The maximum absolute atomic E-state index is 13.7. The predicted molar refractivity (Wildman–Crippen MR) is 138 cm³/mol. The van der Waals surface area contributed by atoms with E-state index in [2.05, 4.69) is 36.2 Å². The Morgan fingerprint density at radius 1 is 1.11 bits per heavy atom. The van der Waals surface area contributed by atoms with E-state index >= 15 is 0 Å². The largest absolute Gasteiger partial charge is 0.489 e. The molecule has 0 saturated carbocycles.